The van der Waals surface area contributed by atoms with Gasteiger partial charge in [-0.1, -0.05) is 64.7 Å². The topological polar surface area (TPSA) is 68.9 Å². The molecule has 0 spiro atoms. The third-order valence-electron chi connectivity index (χ3n) is 7.03. The summed E-state index contributed by atoms with van der Waals surface area (Å²) in [6.07, 6.45) is 0. The predicted molar refractivity (Wildman–Crippen MR) is 159 cm³/mol. The SMILES string of the molecule is Cc1ccc(Nc2nc3ccc(C)cc3c3c2c(=O)n(-c2ccc(C)cc2)c(=O)n3-c2ccc(C)cc2)cc1. The van der Waals surface area contributed by atoms with Crippen molar-refractivity contribution in [1.29, 1.82) is 0 Å². The van der Waals surface area contributed by atoms with Crippen molar-refractivity contribution in [2.75, 3.05) is 5.32 Å². The van der Waals surface area contributed by atoms with Crippen LogP contribution < -0.4 is 16.6 Å². The molecule has 1 N–H and O–H groups in total. The molecule has 0 radical (unpaired) electrons. The lowest BCUT2D eigenvalue weighted by Crippen LogP contribution is -2.38. The Hall–Kier alpha value is -4.97. The van der Waals surface area contributed by atoms with Gasteiger partial charge in [-0.3, -0.25) is 9.36 Å². The first-order valence-electron chi connectivity index (χ1n) is 12.9. The normalized spacial score (nSPS) is 11.3. The third kappa shape index (κ3) is 4.30. The number of hydrogen-bond acceptors (Lipinski definition) is 4. The van der Waals surface area contributed by atoms with Crippen LogP contribution in [0.2, 0.25) is 0 Å². The molecule has 0 unspecified atom stereocenters. The second kappa shape index (κ2) is 9.40. The fraction of sp³-hybridized carbons (Fsp3) is 0.121. The van der Waals surface area contributed by atoms with E-state index in [1.165, 1.54) is 4.57 Å². The Balaban J connectivity index is 1.81. The number of aryl methyl sites for hydroxylation is 4. The Labute approximate surface area is 225 Å². The summed E-state index contributed by atoms with van der Waals surface area (Å²) in [6.45, 7) is 7.99. The molecule has 2 aromatic heterocycles. The van der Waals surface area contributed by atoms with Gasteiger partial charge in [-0.05, 0) is 76.2 Å². The largest absolute Gasteiger partial charge is 0.340 e. The van der Waals surface area contributed by atoms with Crippen molar-refractivity contribution in [2.45, 2.75) is 27.7 Å². The van der Waals surface area contributed by atoms with Crippen LogP contribution in [0.25, 0.3) is 33.2 Å². The van der Waals surface area contributed by atoms with Gasteiger partial charge in [0, 0.05) is 11.1 Å². The number of benzene rings is 4. The molecule has 0 aliphatic rings. The van der Waals surface area contributed by atoms with E-state index in [0.717, 1.165) is 33.3 Å². The Morgan fingerprint density at radius 2 is 1.13 bits per heavy atom. The van der Waals surface area contributed by atoms with E-state index in [0.29, 0.717) is 33.6 Å². The van der Waals surface area contributed by atoms with Crippen LogP contribution in [0.5, 0.6) is 0 Å². The van der Waals surface area contributed by atoms with Crippen LogP contribution in [0.3, 0.4) is 0 Å². The van der Waals surface area contributed by atoms with Crippen LogP contribution in [0, 0.1) is 27.7 Å². The third-order valence-corrected chi connectivity index (χ3v) is 7.03. The molecule has 0 saturated heterocycles. The van der Waals surface area contributed by atoms with Crippen LogP contribution >= 0.6 is 0 Å². The van der Waals surface area contributed by atoms with Gasteiger partial charge in [0.25, 0.3) is 5.56 Å². The van der Waals surface area contributed by atoms with E-state index in [4.69, 9.17) is 4.98 Å². The van der Waals surface area contributed by atoms with Crippen LogP contribution in [0.15, 0.2) is 101 Å². The van der Waals surface area contributed by atoms with E-state index in [9.17, 15) is 9.59 Å². The van der Waals surface area contributed by atoms with E-state index in [1.54, 1.807) is 16.7 Å². The van der Waals surface area contributed by atoms with Gasteiger partial charge in [-0.2, -0.15) is 0 Å². The Morgan fingerprint density at radius 3 is 1.72 bits per heavy atom. The lowest BCUT2D eigenvalue weighted by atomic mass is 10.1. The number of pyridine rings is 1. The molecule has 0 atom stereocenters. The second-order valence-electron chi connectivity index (χ2n) is 10.1. The highest BCUT2D eigenvalue weighted by molar-refractivity contribution is 6.09. The number of fused-ring (bicyclic) bond motifs is 3. The second-order valence-corrected chi connectivity index (χ2v) is 10.1. The molecule has 6 nitrogen and oxygen atoms in total. The molecule has 0 fully saturated rings. The van der Waals surface area contributed by atoms with E-state index < -0.39 is 11.2 Å². The van der Waals surface area contributed by atoms with Crippen molar-refractivity contribution in [3.8, 4) is 11.4 Å². The molecule has 0 saturated carbocycles. The fourth-order valence-electron chi connectivity index (χ4n) is 4.91. The number of aromatic nitrogens is 3. The Kier molecular flexibility index (Phi) is 5.88. The minimum Gasteiger partial charge on any atom is -0.339 e. The van der Waals surface area contributed by atoms with Crippen molar-refractivity contribution in [3.63, 3.8) is 0 Å². The summed E-state index contributed by atoms with van der Waals surface area (Å²) in [5, 5.41) is 4.46. The monoisotopic (exact) mass is 512 g/mol. The minimum atomic E-state index is -0.435. The van der Waals surface area contributed by atoms with Crippen LogP contribution in [-0.4, -0.2) is 14.1 Å². The maximum atomic E-state index is 14.3. The zero-order chi connectivity index (χ0) is 27.3. The lowest BCUT2D eigenvalue weighted by Gasteiger charge is -2.19. The van der Waals surface area contributed by atoms with Crippen molar-refractivity contribution in [2.24, 2.45) is 0 Å². The quantitative estimate of drug-likeness (QED) is 0.268. The summed E-state index contributed by atoms with van der Waals surface area (Å²) >= 11 is 0. The van der Waals surface area contributed by atoms with Crippen molar-refractivity contribution < 1.29 is 0 Å². The van der Waals surface area contributed by atoms with Crippen LogP contribution in [-0.2, 0) is 0 Å². The molecule has 192 valence electrons. The average molecular weight is 513 g/mol. The molecule has 4 aromatic carbocycles. The maximum Gasteiger partial charge on any atom is 0.340 e. The standard InChI is InChI=1S/C33H28N4O2/c1-20-5-12-24(13-6-20)34-31-29-30(27-19-23(4)11-18-28(27)35-31)36(25-14-7-21(2)8-15-25)33(39)37(32(29)38)26-16-9-22(3)10-17-26/h5-19H,1-4H3,(H,34,35). The molecule has 0 bridgehead atoms. The van der Waals surface area contributed by atoms with E-state index in [-0.39, 0.29) is 0 Å². The molecular formula is C33H28N4O2. The van der Waals surface area contributed by atoms with Gasteiger partial charge < -0.3 is 5.32 Å². The molecule has 0 aliphatic carbocycles. The molecular weight excluding hydrogens is 484 g/mol. The van der Waals surface area contributed by atoms with Gasteiger partial charge in [0.2, 0.25) is 0 Å². The molecule has 6 heteroatoms. The molecule has 6 aromatic rings. The Morgan fingerprint density at radius 1 is 0.615 bits per heavy atom. The van der Waals surface area contributed by atoms with E-state index >= 15 is 0 Å². The number of nitrogens with zero attached hydrogens (tertiary/aromatic N) is 3. The highest BCUT2D eigenvalue weighted by atomic mass is 16.2. The maximum absolute atomic E-state index is 14.3. The van der Waals surface area contributed by atoms with Crippen molar-refractivity contribution >= 4 is 33.3 Å². The van der Waals surface area contributed by atoms with Crippen LogP contribution in [0.1, 0.15) is 22.3 Å². The first kappa shape index (κ1) is 24.4. The number of anilines is 2. The predicted octanol–water partition coefficient (Wildman–Crippen LogP) is 6.67. The number of hydrogen-bond donors (Lipinski definition) is 1. The smallest absolute Gasteiger partial charge is 0.339 e. The number of rotatable bonds is 4. The number of nitrogens with one attached hydrogen (secondary N) is 1. The summed E-state index contributed by atoms with van der Waals surface area (Å²) in [7, 11) is 0. The summed E-state index contributed by atoms with van der Waals surface area (Å²) in [4.78, 5) is 33.5. The molecule has 0 aliphatic heterocycles. The van der Waals surface area contributed by atoms with Gasteiger partial charge in [-0.15, -0.1) is 0 Å². The summed E-state index contributed by atoms with van der Waals surface area (Å²) in [5.74, 6) is 0.400. The summed E-state index contributed by atoms with van der Waals surface area (Å²) in [6, 6.07) is 29.0. The van der Waals surface area contributed by atoms with Crippen molar-refractivity contribution in [1.82, 2.24) is 14.1 Å². The zero-order valence-corrected chi connectivity index (χ0v) is 22.3. The first-order chi connectivity index (χ1) is 18.8. The molecule has 39 heavy (non-hydrogen) atoms. The minimum absolute atomic E-state index is 0.342. The Bertz CT molecular complexity index is 1980. The van der Waals surface area contributed by atoms with Gasteiger partial charge >= 0.3 is 5.69 Å². The van der Waals surface area contributed by atoms with E-state index in [2.05, 4.69) is 5.32 Å². The van der Waals surface area contributed by atoms with Gasteiger partial charge in [0.15, 0.2) is 0 Å². The molecule has 0 amide bonds. The highest BCUT2D eigenvalue weighted by Crippen LogP contribution is 2.31. The van der Waals surface area contributed by atoms with Gasteiger partial charge in [-0.25, -0.2) is 14.3 Å². The van der Waals surface area contributed by atoms with Crippen LogP contribution in [0.4, 0.5) is 11.5 Å². The molecule has 6 rings (SSSR count). The summed E-state index contributed by atoms with van der Waals surface area (Å²) < 4.78 is 2.88. The zero-order valence-electron chi connectivity index (χ0n) is 22.3. The van der Waals surface area contributed by atoms with Crippen molar-refractivity contribution in [3.05, 3.63) is 134 Å². The fourth-order valence-corrected chi connectivity index (χ4v) is 4.91. The van der Waals surface area contributed by atoms with Gasteiger partial charge in [0.05, 0.1) is 22.4 Å². The van der Waals surface area contributed by atoms with Gasteiger partial charge in [0.1, 0.15) is 11.2 Å². The molecule has 2 heterocycles. The average Bonchev–Trinajstić information content (AvgIpc) is 2.92. The summed E-state index contributed by atoms with van der Waals surface area (Å²) in [5.41, 5.74) is 6.59. The van der Waals surface area contributed by atoms with E-state index in [1.807, 2.05) is 107 Å². The lowest BCUT2D eigenvalue weighted by molar-refractivity contribution is 0.835. The first-order valence-corrected chi connectivity index (χ1v) is 12.9. The highest BCUT2D eigenvalue weighted by Gasteiger charge is 2.22.